The third kappa shape index (κ3) is 2.63. The average molecular weight is 411 g/mol. The number of aryl methyl sites for hydroxylation is 1. The van der Waals surface area contributed by atoms with E-state index in [1.54, 1.807) is 0 Å². The van der Waals surface area contributed by atoms with E-state index in [0.29, 0.717) is 0 Å². The summed E-state index contributed by atoms with van der Waals surface area (Å²) in [6.45, 7) is 11.5. The quantitative estimate of drug-likeness (QED) is 0.305. The highest BCUT2D eigenvalue weighted by Gasteiger charge is 2.48. The molecule has 0 saturated heterocycles. The van der Waals surface area contributed by atoms with E-state index in [4.69, 9.17) is 0 Å². The van der Waals surface area contributed by atoms with Crippen molar-refractivity contribution in [3.8, 4) is 21.0 Å². The number of pyridine rings is 1. The van der Waals surface area contributed by atoms with Crippen molar-refractivity contribution < 1.29 is 4.57 Å². The van der Waals surface area contributed by atoms with Crippen molar-refractivity contribution in [1.29, 1.82) is 0 Å². The summed E-state index contributed by atoms with van der Waals surface area (Å²) in [6.07, 6.45) is 3.14. The van der Waals surface area contributed by atoms with Gasteiger partial charge in [0.15, 0.2) is 5.54 Å². The van der Waals surface area contributed by atoms with E-state index in [-0.39, 0.29) is 5.54 Å². The molecular weight excluding hydrogens is 382 g/mol. The Morgan fingerprint density at radius 3 is 2.33 bits per heavy atom. The van der Waals surface area contributed by atoms with Crippen LogP contribution in [0.3, 0.4) is 0 Å². The molecular formula is C28H28NS+. The van der Waals surface area contributed by atoms with Gasteiger partial charge >= 0.3 is 0 Å². The summed E-state index contributed by atoms with van der Waals surface area (Å²) in [7, 11) is 0. The fourth-order valence-electron chi connectivity index (χ4n) is 5.07. The second-order valence-corrected chi connectivity index (χ2v) is 9.29. The molecule has 0 aliphatic carbocycles. The minimum absolute atomic E-state index is 0.0897. The Bertz CT molecular complexity index is 1260. The van der Waals surface area contributed by atoms with E-state index in [9.17, 15) is 0 Å². The number of aromatic nitrogens is 1. The first-order chi connectivity index (χ1) is 14.6. The van der Waals surface area contributed by atoms with Gasteiger partial charge in [-0.15, -0.1) is 11.3 Å². The molecule has 150 valence electrons. The third-order valence-corrected chi connectivity index (χ3v) is 8.14. The van der Waals surface area contributed by atoms with Crippen LogP contribution in [0.15, 0.2) is 73.3 Å². The van der Waals surface area contributed by atoms with E-state index in [2.05, 4.69) is 98.6 Å². The van der Waals surface area contributed by atoms with Gasteiger partial charge in [-0.05, 0) is 35.7 Å². The van der Waals surface area contributed by atoms with Crippen molar-refractivity contribution in [1.82, 2.24) is 0 Å². The standard InChI is InChI=1S/C28H28NS/c1-5-20-12-14-22(15-13-20)26-18-23-19(4)28(6-2,7-3)29-24-11-9-8-10-21(24)16-17-25(29)27(23)30-26/h8-18H,4-7H2,1-3H3/q+1. The molecule has 1 aliphatic rings. The van der Waals surface area contributed by atoms with Gasteiger partial charge in [0.25, 0.3) is 0 Å². The number of hydrogen-bond acceptors (Lipinski definition) is 1. The highest BCUT2D eigenvalue weighted by molar-refractivity contribution is 7.19. The smallest absolute Gasteiger partial charge is 0.181 e. The van der Waals surface area contributed by atoms with Crippen LogP contribution in [0.1, 0.15) is 44.7 Å². The molecule has 0 amide bonds. The molecule has 4 aromatic rings. The van der Waals surface area contributed by atoms with Gasteiger partial charge in [-0.1, -0.05) is 63.7 Å². The van der Waals surface area contributed by atoms with Gasteiger partial charge in [0.2, 0.25) is 11.2 Å². The molecule has 2 aromatic carbocycles. The lowest BCUT2D eigenvalue weighted by molar-refractivity contribution is -0.717. The predicted octanol–water partition coefficient (Wildman–Crippen LogP) is 7.63. The maximum Gasteiger partial charge on any atom is 0.224 e. The average Bonchev–Trinajstić information content (AvgIpc) is 3.25. The summed E-state index contributed by atoms with van der Waals surface area (Å²) in [5.41, 5.74) is 7.79. The number of allylic oxidation sites excluding steroid dienone is 1. The molecule has 2 aromatic heterocycles. The summed E-state index contributed by atoms with van der Waals surface area (Å²) in [4.78, 5) is 2.67. The second-order valence-electron chi connectivity index (χ2n) is 8.23. The number of hydrogen-bond donors (Lipinski definition) is 0. The minimum Gasteiger partial charge on any atom is -0.181 e. The summed E-state index contributed by atoms with van der Waals surface area (Å²) < 4.78 is 2.58. The molecule has 5 rings (SSSR count). The second kappa shape index (κ2) is 7.21. The monoisotopic (exact) mass is 410 g/mol. The largest absolute Gasteiger partial charge is 0.224 e. The van der Waals surface area contributed by atoms with E-state index >= 15 is 0 Å². The Labute approximate surface area is 183 Å². The molecule has 0 N–H and O–H groups in total. The molecule has 0 spiro atoms. The van der Waals surface area contributed by atoms with Gasteiger partial charge in [0.1, 0.15) is 4.88 Å². The number of nitrogens with zero attached hydrogens (tertiary/aromatic N) is 1. The summed E-state index contributed by atoms with van der Waals surface area (Å²) >= 11 is 1.90. The van der Waals surface area contributed by atoms with Crippen LogP contribution in [0, 0.1) is 0 Å². The number of fused-ring (bicyclic) bond motifs is 5. The van der Waals surface area contributed by atoms with Crippen LogP contribution in [-0.2, 0) is 12.0 Å². The number of thiophene rings is 1. The van der Waals surface area contributed by atoms with Crippen LogP contribution < -0.4 is 4.57 Å². The van der Waals surface area contributed by atoms with Crippen molar-refractivity contribution in [2.24, 2.45) is 0 Å². The van der Waals surface area contributed by atoms with Crippen molar-refractivity contribution in [3.63, 3.8) is 0 Å². The molecule has 0 fully saturated rings. The van der Waals surface area contributed by atoms with Crippen molar-refractivity contribution in [2.75, 3.05) is 0 Å². The Hall–Kier alpha value is -2.71. The van der Waals surface area contributed by atoms with Crippen LogP contribution in [-0.4, -0.2) is 0 Å². The first-order valence-electron chi connectivity index (χ1n) is 11.0. The van der Waals surface area contributed by atoms with Gasteiger partial charge < -0.3 is 0 Å². The van der Waals surface area contributed by atoms with E-state index in [1.165, 1.54) is 48.6 Å². The number of benzene rings is 2. The first kappa shape index (κ1) is 19.3. The Morgan fingerprint density at radius 2 is 1.63 bits per heavy atom. The molecule has 0 radical (unpaired) electrons. The van der Waals surface area contributed by atoms with Crippen molar-refractivity contribution >= 4 is 27.8 Å². The summed E-state index contributed by atoms with van der Waals surface area (Å²) in [5, 5.41) is 1.29. The molecule has 2 heteroatoms. The Balaban J connectivity index is 1.79. The van der Waals surface area contributed by atoms with Crippen molar-refractivity contribution in [2.45, 2.75) is 45.6 Å². The topological polar surface area (TPSA) is 3.88 Å². The molecule has 0 unspecified atom stereocenters. The predicted molar refractivity (Wildman–Crippen MR) is 130 cm³/mol. The van der Waals surface area contributed by atoms with E-state index in [1.807, 2.05) is 11.3 Å². The molecule has 3 heterocycles. The molecule has 0 atom stereocenters. The van der Waals surface area contributed by atoms with Gasteiger partial charge in [0, 0.05) is 46.4 Å². The summed E-state index contributed by atoms with van der Waals surface area (Å²) in [5.74, 6) is 0. The van der Waals surface area contributed by atoms with Gasteiger partial charge in [0.05, 0.1) is 0 Å². The van der Waals surface area contributed by atoms with Gasteiger partial charge in [-0.2, -0.15) is 4.57 Å². The van der Waals surface area contributed by atoms with Gasteiger partial charge in [-0.3, -0.25) is 0 Å². The maximum absolute atomic E-state index is 4.68. The summed E-state index contributed by atoms with van der Waals surface area (Å²) in [6, 6.07) is 24.7. The van der Waals surface area contributed by atoms with Crippen LogP contribution in [0.5, 0.6) is 0 Å². The fourth-order valence-corrected chi connectivity index (χ4v) is 6.28. The maximum atomic E-state index is 4.68. The van der Waals surface area contributed by atoms with Crippen LogP contribution in [0.25, 0.3) is 37.5 Å². The zero-order valence-electron chi connectivity index (χ0n) is 18.0. The third-order valence-electron chi connectivity index (χ3n) is 6.94. The molecule has 0 saturated carbocycles. The van der Waals surface area contributed by atoms with Crippen molar-refractivity contribution in [3.05, 3.63) is 84.4 Å². The molecule has 1 nitrogen and oxygen atoms in total. The lowest BCUT2D eigenvalue weighted by Crippen LogP contribution is -2.59. The fraction of sp³-hybridized carbons (Fsp3) is 0.250. The Morgan fingerprint density at radius 1 is 0.900 bits per heavy atom. The zero-order chi connectivity index (χ0) is 20.9. The molecule has 1 aliphatic heterocycles. The first-order valence-corrected chi connectivity index (χ1v) is 11.8. The van der Waals surface area contributed by atoms with E-state index in [0.717, 1.165) is 19.3 Å². The molecule has 0 bridgehead atoms. The van der Waals surface area contributed by atoms with Crippen LogP contribution in [0.4, 0.5) is 0 Å². The lowest BCUT2D eigenvalue weighted by Gasteiger charge is -2.34. The molecule has 30 heavy (non-hydrogen) atoms. The normalized spacial score (nSPS) is 14.6. The number of rotatable bonds is 4. The SMILES string of the molecule is C=C1c2cc(-c3ccc(CC)cc3)sc2-c2ccc3ccccc3[n+]2C1(CC)CC. The van der Waals surface area contributed by atoms with Crippen LogP contribution in [0.2, 0.25) is 0 Å². The van der Waals surface area contributed by atoms with E-state index < -0.39 is 0 Å². The lowest BCUT2D eigenvalue weighted by atomic mass is 9.77. The highest BCUT2D eigenvalue weighted by Crippen LogP contribution is 2.49. The van der Waals surface area contributed by atoms with Gasteiger partial charge in [-0.25, -0.2) is 0 Å². The number of para-hydroxylation sites is 1. The minimum atomic E-state index is -0.0897. The highest BCUT2D eigenvalue weighted by atomic mass is 32.1. The van der Waals surface area contributed by atoms with Crippen LogP contribution >= 0.6 is 11.3 Å². The Kier molecular flexibility index (Phi) is 4.63. The zero-order valence-corrected chi connectivity index (χ0v) is 18.9.